The standard InChI is InChI=1S/C23H22N4O2/c1-29-19-8-5-17(6-9-19)20-15-25-14-18-7-10-21(26-23(18)20)22(28)4-2-3-12-27-13-11-24-16-27/h5-11,13-16H,2-4,12H2,1H3. The molecule has 0 radical (unpaired) electrons. The molecule has 6 nitrogen and oxygen atoms in total. The van der Waals surface area contributed by atoms with Gasteiger partial charge in [-0.2, -0.15) is 0 Å². The summed E-state index contributed by atoms with van der Waals surface area (Å²) in [5.74, 6) is 0.858. The van der Waals surface area contributed by atoms with Gasteiger partial charge in [0.2, 0.25) is 0 Å². The van der Waals surface area contributed by atoms with Crippen molar-refractivity contribution in [3.8, 4) is 16.9 Å². The molecule has 3 heterocycles. The summed E-state index contributed by atoms with van der Waals surface area (Å²) in [6, 6.07) is 11.5. The highest BCUT2D eigenvalue weighted by molar-refractivity contribution is 5.99. The molecule has 0 aliphatic rings. The highest BCUT2D eigenvalue weighted by Gasteiger charge is 2.12. The molecule has 0 saturated heterocycles. The number of nitrogens with zero attached hydrogens (tertiary/aromatic N) is 4. The van der Waals surface area contributed by atoms with E-state index in [-0.39, 0.29) is 5.78 Å². The number of unbranched alkanes of at least 4 members (excludes halogenated alkanes) is 1. The summed E-state index contributed by atoms with van der Waals surface area (Å²) in [7, 11) is 1.64. The zero-order valence-corrected chi connectivity index (χ0v) is 16.3. The van der Waals surface area contributed by atoms with Gasteiger partial charge in [0, 0.05) is 48.7 Å². The maximum Gasteiger partial charge on any atom is 0.181 e. The lowest BCUT2D eigenvalue weighted by Gasteiger charge is -2.08. The van der Waals surface area contributed by atoms with Crippen LogP contribution in [0.2, 0.25) is 0 Å². The number of aromatic nitrogens is 4. The van der Waals surface area contributed by atoms with Crippen molar-refractivity contribution < 1.29 is 9.53 Å². The number of aryl methyl sites for hydroxylation is 1. The third-order valence-corrected chi connectivity index (χ3v) is 4.91. The Balaban J connectivity index is 1.52. The van der Waals surface area contributed by atoms with Crippen LogP contribution in [0, 0.1) is 0 Å². The summed E-state index contributed by atoms with van der Waals surface area (Å²) in [4.78, 5) is 25.7. The summed E-state index contributed by atoms with van der Waals surface area (Å²) in [5, 5.41) is 0.912. The first-order valence-electron chi connectivity index (χ1n) is 9.63. The second kappa shape index (κ2) is 8.65. The molecular weight excluding hydrogens is 364 g/mol. The Hall–Kier alpha value is -3.54. The van der Waals surface area contributed by atoms with E-state index in [4.69, 9.17) is 4.74 Å². The maximum atomic E-state index is 12.7. The van der Waals surface area contributed by atoms with E-state index in [2.05, 4.69) is 15.0 Å². The number of imidazole rings is 1. The fraction of sp³-hybridized carbons (Fsp3) is 0.217. The van der Waals surface area contributed by atoms with Gasteiger partial charge in [-0.05, 0) is 42.7 Å². The molecule has 3 aromatic heterocycles. The molecule has 0 bridgehead atoms. The first-order chi connectivity index (χ1) is 14.2. The molecule has 0 aliphatic heterocycles. The van der Waals surface area contributed by atoms with Gasteiger partial charge in [-0.15, -0.1) is 0 Å². The first-order valence-corrected chi connectivity index (χ1v) is 9.63. The van der Waals surface area contributed by atoms with Crippen molar-refractivity contribution in [3.63, 3.8) is 0 Å². The van der Waals surface area contributed by atoms with Crippen molar-refractivity contribution in [1.29, 1.82) is 0 Å². The quantitative estimate of drug-likeness (QED) is 0.328. The Bertz CT molecular complexity index is 1110. The summed E-state index contributed by atoms with van der Waals surface area (Å²) in [6.45, 7) is 0.867. The van der Waals surface area contributed by atoms with Gasteiger partial charge in [-0.1, -0.05) is 12.1 Å². The molecule has 146 valence electrons. The predicted octanol–water partition coefficient (Wildman–Crippen LogP) is 4.56. The van der Waals surface area contributed by atoms with E-state index in [1.165, 1.54) is 0 Å². The van der Waals surface area contributed by atoms with Crippen LogP contribution in [-0.2, 0) is 6.54 Å². The van der Waals surface area contributed by atoms with Crippen molar-refractivity contribution in [2.24, 2.45) is 0 Å². The Morgan fingerprint density at radius 3 is 2.66 bits per heavy atom. The Labute approximate surface area is 169 Å². The smallest absolute Gasteiger partial charge is 0.181 e. The van der Waals surface area contributed by atoms with E-state index in [1.54, 1.807) is 38.1 Å². The van der Waals surface area contributed by atoms with Crippen LogP contribution in [0.25, 0.3) is 22.0 Å². The minimum absolute atomic E-state index is 0.0648. The molecule has 6 heteroatoms. The number of pyridine rings is 2. The van der Waals surface area contributed by atoms with Crippen LogP contribution in [0.15, 0.2) is 67.5 Å². The SMILES string of the molecule is COc1ccc(-c2cncc3ccc(C(=O)CCCCn4ccnc4)nc23)cc1. The van der Waals surface area contributed by atoms with Gasteiger partial charge in [0.1, 0.15) is 11.4 Å². The molecule has 0 N–H and O–H groups in total. The summed E-state index contributed by atoms with van der Waals surface area (Å²) in [5.41, 5.74) is 3.18. The van der Waals surface area contributed by atoms with Crippen molar-refractivity contribution in [1.82, 2.24) is 19.5 Å². The molecular formula is C23H22N4O2. The number of methoxy groups -OCH3 is 1. The number of ether oxygens (including phenoxy) is 1. The predicted molar refractivity (Wildman–Crippen MR) is 112 cm³/mol. The van der Waals surface area contributed by atoms with E-state index in [9.17, 15) is 4.79 Å². The first kappa shape index (κ1) is 18.8. The Morgan fingerprint density at radius 1 is 1.03 bits per heavy atom. The molecule has 0 amide bonds. The highest BCUT2D eigenvalue weighted by atomic mass is 16.5. The van der Waals surface area contributed by atoms with Gasteiger partial charge in [0.05, 0.1) is 19.0 Å². The number of rotatable bonds is 8. The van der Waals surface area contributed by atoms with E-state index >= 15 is 0 Å². The number of fused-ring (bicyclic) bond motifs is 1. The van der Waals surface area contributed by atoms with Gasteiger partial charge in [0.25, 0.3) is 0 Å². The fourth-order valence-electron chi connectivity index (χ4n) is 3.31. The lowest BCUT2D eigenvalue weighted by Crippen LogP contribution is -2.04. The second-order valence-electron chi connectivity index (χ2n) is 6.86. The van der Waals surface area contributed by atoms with Crippen LogP contribution in [0.4, 0.5) is 0 Å². The molecule has 0 atom stereocenters. The third-order valence-electron chi connectivity index (χ3n) is 4.91. The molecule has 4 aromatic rings. The van der Waals surface area contributed by atoms with Gasteiger partial charge in [-0.3, -0.25) is 9.78 Å². The maximum absolute atomic E-state index is 12.7. The second-order valence-corrected chi connectivity index (χ2v) is 6.86. The molecule has 1 aromatic carbocycles. The number of carbonyl (C=O) groups is 1. The number of hydrogen-bond donors (Lipinski definition) is 0. The average Bonchev–Trinajstić information content (AvgIpc) is 3.29. The van der Waals surface area contributed by atoms with Crippen molar-refractivity contribution >= 4 is 16.7 Å². The van der Waals surface area contributed by atoms with Crippen molar-refractivity contribution in [2.75, 3.05) is 7.11 Å². The van der Waals surface area contributed by atoms with Gasteiger partial charge in [0.15, 0.2) is 5.78 Å². The Morgan fingerprint density at radius 2 is 1.90 bits per heavy atom. The molecule has 4 rings (SSSR count). The van der Waals surface area contributed by atoms with Gasteiger partial charge >= 0.3 is 0 Å². The van der Waals surface area contributed by atoms with Crippen LogP contribution in [0.3, 0.4) is 0 Å². The number of carbonyl (C=O) groups excluding carboxylic acids is 1. The van der Waals surface area contributed by atoms with Crippen LogP contribution in [-0.4, -0.2) is 32.4 Å². The van der Waals surface area contributed by atoms with Crippen LogP contribution < -0.4 is 4.74 Å². The van der Waals surface area contributed by atoms with E-state index in [0.717, 1.165) is 47.2 Å². The number of hydrogen-bond acceptors (Lipinski definition) is 5. The van der Waals surface area contributed by atoms with Gasteiger partial charge < -0.3 is 9.30 Å². The monoisotopic (exact) mass is 386 g/mol. The number of benzene rings is 1. The van der Waals surface area contributed by atoms with E-state index in [0.29, 0.717) is 12.1 Å². The minimum Gasteiger partial charge on any atom is -0.497 e. The topological polar surface area (TPSA) is 69.9 Å². The lowest BCUT2D eigenvalue weighted by molar-refractivity contribution is 0.0974. The fourth-order valence-corrected chi connectivity index (χ4v) is 3.31. The number of ketones is 1. The normalized spacial score (nSPS) is 10.9. The summed E-state index contributed by atoms with van der Waals surface area (Å²) >= 11 is 0. The lowest BCUT2D eigenvalue weighted by atomic mass is 10.0. The van der Waals surface area contributed by atoms with E-state index in [1.807, 2.05) is 41.1 Å². The van der Waals surface area contributed by atoms with Gasteiger partial charge in [-0.25, -0.2) is 9.97 Å². The average molecular weight is 386 g/mol. The molecule has 0 fully saturated rings. The number of Topliss-reactive ketones (excluding diaryl/α,β-unsaturated/α-hetero) is 1. The zero-order valence-electron chi connectivity index (χ0n) is 16.3. The zero-order chi connectivity index (χ0) is 20.1. The molecule has 0 saturated carbocycles. The van der Waals surface area contributed by atoms with E-state index < -0.39 is 0 Å². The van der Waals surface area contributed by atoms with Crippen LogP contribution in [0.1, 0.15) is 29.8 Å². The molecule has 0 unspecified atom stereocenters. The molecule has 0 aliphatic carbocycles. The van der Waals surface area contributed by atoms with Crippen LogP contribution >= 0.6 is 0 Å². The Kier molecular flexibility index (Phi) is 5.61. The van der Waals surface area contributed by atoms with Crippen molar-refractivity contribution in [2.45, 2.75) is 25.8 Å². The largest absolute Gasteiger partial charge is 0.497 e. The summed E-state index contributed by atoms with van der Waals surface area (Å²) < 4.78 is 7.25. The minimum atomic E-state index is 0.0648. The summed E-state index contributed by atoms with van der Waals surface area (Å²) in [6.07, 6.45) is 11.3. The highest BCUT2D eigenvalue weighted by Crippen LogP contribution is 2.28. The molecule has 29 heavy (non-hydrogen) atoms. The molecule has 0 spiro atoms. The van der Waals surface area contributed by atoms with Crippen molar-refractivity contribution in [3.05, 3.63) is 73.2 Å². The third kappa shape index (κ3) is 4.32. The van der Waals surface area contributed by atoms with Crippen LogP contribution in [0.5, 0.6) is 5.75 Å².